The van der Waals surface area contributed by atoms with E-state index in [-0.39, 0.29) is 24.1 Å². The van der Waals surface area contributed by atoms with Crippen LogP contribution < -0.4 is 5.43 Å². The van der Waals surface area contributed by atoms with Crippen molar-refractivity contribution in [2.24, 2.45) is 5.10 Å². The molecular weight excluding hydrogens is 326 g/mol. The van der Waals surface area contributed by atoms with Gasteiger partial charge in [-0.3, -0.25) is 19.7 Å². The first-order valence-electron chi connectivity index (χ1n) is 7.36. The Morgan fingerprint density at radius 3 is 2.32 bits per heavy atom. The van der Waals surface area contributed by atoms with Gasteiger partial charge in [0, 0.05) is 12.5 Å². The third-order valence-electron chi connectivity index (χ3n) is 3.32. The van der Waals surface area contributed by atoms with Gasteiger partial charge in [-0.25, -0.2) is 5.43 Å². The third kappa shape index (κ3) is 4.96. The van der Waals surface area contributed by atoms with Gasteiger partial charge in [0.25, 0.3) is 11.6 Å². The number of carboxylic acid groups (broad SMARTS) is 1. The highest BCUT2D eigenvalue weighted by atomic mass is 16.6. The number of hydrogen-bond donors (Lipinski definition) is 2. The number of hydrogen-bond acceptors (Lipinski definition) is 5. The Hall–Kier alpha value is -3.55. The summed E-state index contributed by atoms with van der Waals surface area (Å²) >= 11 is 0. The van der Waals surface area contributed by atoms with Crippen molar-refractivity contribution in [1.82, 2.24) is 5.43 Å². The van der Waals surface area contributed by atoms with Crippen LogP contribution in [0.2, 0.25) is 0 Å². The van der Waals surface area contributed by atoms with Crippen LogP contribution in [0.15, 0.2) is 59.7 Å². The molecule has 0 bridgehead atoms. The second kappa shape index (κ2) is 8.34. The van der Waals surface area contributed by atoms with Crippen molar-refractivity contribution in [3.05, 3.63) is 75.8 Å². The monoisotopic (exact) mass is 341 g/mol. The molecule has 2 aromatic carbocycles. The zero-order valence-corrected chi connectivity index (χ0v) is 13.1. The Balaban J connectivity index is 2.24. The highest BCUT2D eigenvalue weighted by Gasteiger charge is 2.19. The zero-order valence-electron chi connectivity index (χ0n) is 13.1. The number of nitro groups is 1. The van der Waals surface area contributed by atoms with E-state index in [4.69, 9.17) is 5.11 Å². The molecule has 0 fully saturated rings. The molecule has 128 valence electrons. The molecule has 25 heavy (non-hydrogen) atoms. The first-order valence-corrected chi connectivity index (χ1v) is 7.36. The second-order valence-electron chi connectivity index (χ2n) is 5.03. The molecule has 0 aliphatic heterocycles. The molecule has 0 radical (unpaired) electrons. The van der Waals surface area contributed by atoms with Gasteiger partial charge >= 0.3 is 5.97 Å². The van der Waals surface area contributed by atoms with Crippen LogP contribution in [0.5, 0.6) is 0 Å². The summed E-state index contributed by atoms with van der Waals surface area (Å²) in [5, 5.41) is 23.8. The summed E-state index contributed by atoms with van der Waals surface area (Å²) in [6.07, 6.45) is -0.0500. The molecule has 0 aliphatic rings. The maximum Gasteiger partial charge on any atom is 0.303 e. The fourth-order valence-electron chi connectivity index (χ4n) is 2.12. The molecule has 2 rings (SSSR count). The van der Waals surface area contributed by atoms with Crippen LogP contribution in [0.1, 0.15) is 28.8 Å². The van der Waals surface area contributed by atoms with E-state index in [0.29, 0.717) is 11.3 Å². The number of aliphatic carboxylic acids is 1. The molecule has 0 atom stereocenters. The summed E-state index contributed by atoms with van der Waals surface area (Å²) in [6, 6.07) is 14.3. The van der Waals surface area contributed by atoms with E-state index in [9.17, 15) is 19.7 Å². The van der Waals surface area contributed by atoms with Gasteiger partial charge in [0.05, 0.1) is 17.1 Å². The number of carbonyl (C=O) groups excluding carboxylic acids is 1. The highest BCUT2D eigenvalue weighted by Crippen LogP contribution is 2.17. The second-order valence-corrected chi connectivity index (χ2v) is 5.03. The molecule has 2 N–H and O–H groups in total. The van der Waals surface area contributed by atoms with Gasteiger partial charge in [-0.1, -0.05) is 42.5 Å². The van der Waals surface area contributed by atoms with Crippen molar-refractivity contribution in [3.8, 4) is 0 Å². The van der Waals surface area contributed by atoms with Crippen LogP contribution in [0.25, 0.3) is 0 Å². The third-order valence-corrected chi connectivity index (χ3v) is 3.32. The number of nitrogens with one attached hydrogen (secondary N) is 1. The lowest BCUT2D eigenvalue weighted by Gasteiger charge is -2.07. The van der Waals surface area contributed by atoms with E-state index in [1.807, 2.05) is 0 Å². The number of nitro benzene ring substituents is 1. The van der Waals surface area contributed by atoms with Crippen LogP contribution in [-0.2, 0) is 4.79 Å². The maximum absolute atomic E-state index is 12.2. The van der Waals surface area contributed by atoms with Gasteiger partial charge in [-0.2, -0.15) is 5.10 Å². The van der Waals surface area contributed by atoms with E-state index >= 15 is 0 Å². The minimum atomic E-state index is -0.992. The minimum absolute atomic E-state index is 0.108. The van der Waals surface area contributed by atoms with E-state index in [1.165, 1.54) is 24.3 Å². The van der Waals surface area contributed by atoms with Crippen LogP contribution in [0.4, 0.5) is 5.69 Å². The number of nitrogens with zero attached hydrogens (tertiary/aromatic N) is 2. The maximum atomic E-state index is 12.2. The van der Waals surface area contributed by atoms with Crippen LogP contribution in [-0.4, -0.2) is 27.6 Å². The molecule has 0 heterocycles. The number of hydrazone groups is 1. The fourth-order valence-corrected chi connectivity index (χ4v) is 2.12. The Bertz CT molecular complexity index is 818. The van der Waals surface area contributed by atoms with Gasteiger partial charge in [0.1, 0.15) is 5.56 Å². The first-order chi connectivity index (χ1) is 12.0. The summed E-state index contributed by atoms with van der Waals surface area (Å²) < 4.78 is 0. The molecule has 0 saturated heterocycles. The Kier molecular flexibility index (Phi) is 5.94. The summed E-state index contributed by atoms with van der Waals surface area (Å²) in [4.78, 5) is 33.3. The standard InChI is InChI=1S/C17H15N3O5/c21-16(22)11-10-14(12-6-2-1-3-7-12)18-19-17(23)13-8-4-5-9-15(13)20(24)25/h1-9H,10-11H2,(H,19,23)(H,21,22)/b18-14-. The number of benzene rings is 2. The van der Waals surface area contributed by atoms with Crippen molar-refractivity contribution in [2.45, 2.75) is 12.8 Å². The average molecular weight is 341 g/mol. The molecule has 0 aliphatic carbocycles. The molecule has 0 spiro atoms. The molecular formula is C17H15N3O5. The summed E-state index contributed by atoms with van der Waals surface area (Å²) in [6.45, 7) is 0. The summed E-state index contributed by atoms with van der Waals surface area (Å²) in [5.41, 5.74) is 2.84. The quantitative estimate of drug-likeness (QED) is 0.455. The highest BCUT2D eigenvalue weighted by molar-refractivity contribution is 6.03. The number of para-hydroxylation sites is 1. The Morgan fingerprint density at radius 2 is 1.68 bits per heavy atom. The van der Waals surface area contributed by atoms with Crippen molar-refractivity contribution in [2.75, 3.05) is 0 Å². The van der Waals surface area contributed by atoms with Crippen molar-refractivity contribution in [1.29, 1.82) is 0 Å². The Morgan fingerprint density at radius 1 is 1.04 bits per heavy atom. The summed E-state index contributed by atoms with van der Waals surface area (Å²) in [5.74, 6) is -1.73. The molecule has 1 amide bonds. The first kappa shape index (κ1) is 17.8. The lowest BCUT2D eigenvalue weighted by molar-refractivity contribution is -0.385. The zero-order chi connectivity index (χ0) is 18.2. The predicted molar refractivity (Wildman–Crippen MR) is 90.4 cm³/mol. The lowest BCUT2D eigenvalue weighted by Crippen LogP contribution is -2.21. The molecule has 0 unspecified atom stereocenters. The molecule has 2 aromatic rings. The van der Waals surface area contributed by atoms with Crippen molar-refractivity contribution in [3.63, 3.8) is 0 Å². The van der Waals surface area contributed by atoms with E-state index in [1.54, 1.807) is 30.3 Å². The van der Waals surface area contributed by atoms with E-state index in [2.05, 4.69) is 10.5 Å². The topological polar surface area (TPSA) is 122 Å². The molecule has 0 saturated carbocycles. The van der Waals surface area contributed by atoms with Gasteiger partial charge in [-0.05, 0) is 11.6 Å². The van der Waals surface area contributed by atoms with Crippen molar-refractivity contribution < 1.29 is 19.6 Å². The molecule has 8 heteroatoms. The van der Waals surface area contributed by atoms with Crippen LogP contribution in [0.3, 0.4) is 0 Å². The number of carboxylic acids is 1. The molecule has 0 aromatic heterocycles. The number of carbonyl (C=O) groups is 2. The van der Waals surface area contributed by atoms with Crippen molar-refractivity contribution >= 4 is 23.3 Å². The van der Waals surface area contributed by atoms with Gasteiger partial charge in [0.15, 0.2) is 0 Å². The molecule has 8 nitrogen and oxygen atoms in total. The van der Waals surface area contributed by atoms with Gasteiger partial charge in [0.2, 0.25) is 0 Å². The van der Waals surface area contributed by atoms with E-state index < -0.39 is 16.8 Å². The minimum Gasteiger partial charge on any atom is -0.481 e. The van der Waals surface area contributed by atoms with Crippen LogP contribution in [0, 0.1) is 10.1 Å². The SMILES string of the molecule is O=C(O)CC/C(=N/NC(=O)c1ccccc1[N+](=O)[O-])c1ccccc1. The number of rotatable bonds is 7. The average Bonchev–Trinajstić information content (AvgIpc) is 2.62. The normalized spacial score (nSPS) is 11.0. The lowest BCUT2D eigenvalue weighted by atomic mass is 10.1. The fraction of sp³-hybridized carbons (Fsp3) is 0.118. The van der Waals surface area contributed by atoms with Gasteiger partial charge < -0.3 is 5.11 Å². The van der Waals surface area contributed by atoms with Crippen LogP contribution >= 0.6 is 0 Å². The van der Waals surface area contributed by atoms with Gasteiger partial charge in [-0.15, -0.1) is 0 Å². The summed E-state index contributed by atoms with van der Waals surface area (Å²) in [7, 11) is 0. The van der Waals surface area contributed by atoms with E-state index in [0.717, 1.165) is 0 Å². The largest absolute Gasteiger partial charge is 0.481 e. The Labute approximate surface area is 142 Å². The number of amides is 1. The smallest absolute Gasteiger partial charge is 0.303 e. The predicted octanol–water partition coefficient (Wildman–Crippen LogP) is 2.59.